The van der Waals surface area contributed by atoms with Gasteiger partial charge in [-0.25, -0.2) is 4.98 Å². The van der Waals surface area contributed by atoms with Crippen molar-refractivity contribution in [1.82, 2.24) is 19.5 Å². The normalized spacial score (nSPS) is 28.3. The summed E-state index contributed by atoms with van der Waals surface area (Å²) < 4.78 is 6.20. The number of halogens is 2. The largest absolute Gasteiger partial charge is 0.394 e. The quantitative estimate of drug-likeness (QED) is 0.482. The molecule has 21 heavy (non-hydrogen) atoms. The van der Waals surface area contributed by atoms with E-state index in [1.54, 1.807) is 4.57 Å². The summed E-state index contributed by atoms with van der Waals surface area (Å²) in [4.78, 5) is 12.1. The van der Waals surface area contributed by atoms with Crippen LogP contribution in [0.4, 0.5) is 11.8 Å². The molecule has 9 nitrogen and oxygen atoms in total. The number of anilines is 2. The number of nitrogen functional groups attached to an aromatic ring is 2. The Labute approximate surface area is 135 Å². The van der Waals surface area contributed by atoms with E-state index in [0.29, 0.717) is 11.2 Å². The van der Waals surface area contributed by atoms with Gasteiger partial charge < -0.3 is 26.4 Å². The van der Waals surface area contributed by atoms with E-state index in [-0.39, 0.29) is 18.4 Å². The first-order valence-electron chi connectivity index (χ1n) is 5.94. The average molecular weight is 424 g/mol. The lowest BCUT2D eigenvalue weighted by atomic mass is 10.2. The molecule has 1 saturated heterocycles. The number of nitrogens with zero attached hydrogens (tertiary/aromatic N) is 4. The van der Waals surface area contributed by atoms with E-state index in [4.69, 9.17) is 16.2 Å². The lowest BCUT2D eigenvalue weighted by molar-refractivity contribution is -0.0432. The summed E-state index contributed by atoms with van der Waals surface area (Å²) in [6, 6.07) is 0. The number of aromatic nitrogens is 4. The standard InChI is InChI=1S/C10H12Br2N6O3/c11-10(12)5(20)3(1-19)21-8(10)18-2-15-4-6(13)16-9(14)17-7(4)18/h2-3,5,8,19-20H,1H2,(H4,13,14,16,17)/t3-,5+,8-/m1/s1. The number of aliphatic hydroxyl groups is 2. The molecule has 0 bridgehead atoms. The molecule has 0 saturated carbocycles. The van der Waals surface area contributed by atoms with Crippen LogP contribution in [-0.2, 0) is 4.74 Å². The second kappa shape index (κ2) is 5.02. The van der Waals surface area contributed by atoms with Crippen LogP contribution in [0.3, 0.4) is 0 Å². The van der Waals surface area contributed by atoms with Crippen molar-refractivity contribution < 1.29 is 14.9 Å². The molecule has 0 spiro atoms. The maximum absolute atomic E-state index is 10.2. The fraction of sp³-hybridized carbons (Fsp3) is 0.500. The monoisotopic (exact) mass is 422 g/mol. The molecule has 0 aliphatic carbocycles. The van der Waals surface area contributed by atoms with Crippen LogP contribution in [-0.4, -0.2) is 51.8 Å². The van der Waals surface area contributed by atoms with Crippen LogP contribution in [0.5, 0.6) is 0 Å². The molecule has 114 valence electrons. The Kier molecular flexibility index (Phi) is 3.56. The van der Waals surface area contributed by atoms with Crippen molar-refractivity contribution in [3.8, 4) is 0 Å². The summed E-state index contributed by atoms with van der Waals surface area (Å²) in [5.74, 6) is 0.164. The van der Waals surface area contributed by atoms with Gasteiger partial charge in [-0.05, 0) is 0 Å². The van der Waals surface area contributed by atoms with Crippen molar-refractivity contribution in [3.05, 3.63) is 6.33 Å². The Morgan fingerprint density at radius 3 is 2.71 bits per heavy atom. The van der Waals surface area contributed by atoms with Gasteiger partial charge in [0, 0.05) is 0 Å². The van der Waals surface area contributed by atoms with Gasteiger partial charge in [-0.2, -0.15) is 9.97 Å². The molecule has 3 rings (SSSR count). The minimum absolute atomic E-state index is 0.00810. The highest BCUT2D eigenvalue weighted by molar-refractivity contribution is 9.25. The second-order valence-corrected chi connectivity index (χ2v) is 8.31. The molecule has 1 fully saturated rings. The second-order valence-electron chi connectivity index (χ2n) is 4.62. The van der Waals surface area contributed by atoms with Gasteiger partial charge in [0.1, 0.15) is 17.7 Å². The predicted molar refractivity (Wildman–Crippen MR) is 81.7 cm³/mol. The van der Waals surface area contributed by atoms with Gasteiger partial charge >= 0.3 is 0 Å². The molecule has 2 aromatic heterocycles. The highest BCUT2D eigenvalue weighted by Crippen LogP contribution is 2.50. The minimum Gasteiger partial charge on any atom is -0.394 e. The highest BCUT2D eigenvalue weighted by atomic mass is 79.9. The molecule has 11 heteroatoms. The van der Waals surface area contributed by atoms with E-state index in [0.717, 1.165) is 0 Å². The fourth-order valence-corrected chi connectivity index (χ4v) is 3.49. The molecule has 0 amide bonds. The van der Waals surface area contributed by atoms with E-state index < -0.39 is 21.7 Å². The molecule has 1 aliphatic rings. The first-order valence-corrected chi connectivity index (χ1v) is 7.52. The van der Waals surface area contributed by atoms with Gasteiger partial charge in [-0.3, -0.25) is 4.57 Å². The number of ether oxygens (including phenoxy) is 1. The smallest absolute Gasteiger partial charge is 0.224 e. The Bertz CT molecular complexity index is 693. The van der Waals surface area contributed by atoms with Crippen LogP contribution in [0.15, 0.2) is 6.33 Å². The van der Waals surface area contributed by atoms with E-state index in [9.17, 15) is 10.2 Å². The topological polar surface area (TPSA) is 145 Å². The summed E-state index contributed by atoms with van der Waals surface area (Å²) in [6.45, 7) is -0.331. The van der Waals surface area contributed by atoms with Gasteiger partial charge in [0.15, 0.2) is 20.9 Å². The van der Waals surface area contributed by atoms with E-state index in [2.05, 4.69) is 46.8 Å². The van der Waals surface area contributed by atoms with Gasteiger partial charge in [0.25, 0.3) is 0 Å². The van der Waals surface area contributed by atoms with Crippen LogP contribution in [0.1, 0.15) is 6.23 Å². The summed E-state index contributed by atoms with van der Waals surface area (Å²) in [5, 5.41) is 19.4. The Morgan fingerprint density at radius 1 is 1.38 bits per heavy atom. The molecule has 0 aromatic carbocycles. The van der Waals surface area contributed by atoms with Crippen molar-refractivity contribution in [1.29, 1.82) is 0 Å². The lowest BCUT2D eigenvalue weighted by Gasteiger charge is -2.24. The number of rotatable bonds is 2. The van der Waals surface area contributed by atoms with E-state index in [1.165, 1.54) is 6.33 Å². The summed E-state index contributed by atoms with van der Waals surface area (Å²) in [5.41, 5.74) is 12.1. The molecule has 6 N–H and O–H groups in total. The molecule has 2 aromatic rings. The number of alkyl halides is 2. The third-order valence-corrected chi connectivity index (χ3v) is 5.00. The number of nitrogens with two attached hydrogens (primary N) is 2. The van der Waals surface area contributed by atoms with Gasteiger partial charge in [0.2, 0.25) is 5.95 Å². The molecular formula is C10H12Br2N6O3. The van der Waals surface area contributed by atoms with Crippen molar-refractivity contribution in [3.63, 3.8) is 0 Å². The van der Waals surface area contributed by atoms with Crippen LogP contribution >= 0.6 is 31.9 Å². The molecule has 3 heterocycles. The number of aliphatic hydroxyl groups excluding tert-OH is 2. The number of hydrogen-bond donors (Lipinski definition) is 4. The molecule has 1 aliphatic heterocycles. The van der Waals surface area contributed by atoms with E-state index in [1.807, 2.05) is 0 Å². The Balaban J connectivity index is 2.13. The maximum atomic E-state index is 10.2. The van der Waals surface area contributed by atoms with Crippen LogP contribution < -0.4 is 11.5 Å². The minimum atomic E-state index is -1.02. The first kappa shape index (κ1) is 14.9. The van der Waals surface area contributed by atoms with Crippen molar-refractivity contribution in [2.24, 2.45) is 0 Å². The van der Waals surface area contributed by atoms with Gasteiger partial charge in [-0.1, -0.05) is 31.9 Å². The van der Waals surface area contributed by atoms with Crippen LogP contribution in [0, 0.1) is 0 Å². The molecule has 3 atom stereocenters. The molecular weight excluding hydrogens is 412 g/mol. The van der Waals surface area contributed by atoms with Crippen molar-refractivity contribution in [2.75, 3.05) is 18.1 Å². The lowest BCUT2D eigenvalue weighted by Crippen LogP contribution is -2.36. The SMILES string of the molecule is Nc1nc(N)c2ncn([C@@H]3O[C@H](CO)[C@H](O)C3(Br)Br)c2n1. The highest BCUT2D eigenvalue weighted by Gasteiger charge is 2.54. The first-order chi connectivity index (χ1) is 9.86. The predicted octanol–water partition coefficient (Wildman–Crippen LogP) is -0.273. The average Bonchev–Trinajstić information content (AvgIpc) is 2.91. The number of fused-ring (bicyclic) bond motifs is 1. The zero-order chi connectivity index (χ0) is 15.4. The summed E-state index contributed by atoms with van der Waals surface area (Å²) in [7, 11) is 0. The Hall–Kier alpha value is -1.01. The zero-order valence-corrected chi connectivity index (χ0v) is 13.7. The Morgan fingerprint density at radius 2 is 2.10 bits per heavy atom. The van der Waals surface area contributed by atoms with E-state index >= 15 is 0 Å². The van der Waals surface area contributed by atoms with Gasteiger partial charge in [0.05, 0.1) is 12.9 Å². The maximum Gasteiger partial charge on any atom is 0.224 e. The summed E-state index contributed by atoms with van der Waals surface area (Å²) >= 11 is 6.75. The van der Waals surface area contributed by atoms with Gasteiger partial charge in [-0.15, -0.1) is 0 Å². The third kappa shape index (κ3) is 2.19. The molecule has 0 unspecified atom stereocenters. The van der Waals surface area contributed by atoms with Crippen molar-refractivity contribution >= 4 is 54.8 Å². The van der Waals surface area contributed by atoms with Crippen LogP contribution in [0.2, 0.25) is 0 Å². The van der Waals surface area contributed by atoms with Crippen molar-refractivity contribution in [2.45, 2.75) is 21.7 Å². The fourth-order valence-electron chi connectivity index (χ4n) is 2.25. The number of hydrogen-bond acceptors (Lipinski definition) is 8. The molecule has 0 radical (unpaired) electrons. The van der Waals surface area contributed by atoms with Crippen LogP contribution in [0.25, 0.3) is 11.2 Å². The zero-order valence-electron chi connectivity index (χ0n) is 10.5. The third-order valence-electron chi connectivity index (χ3n) is 3.28. The summed E-state index contributed by atoms with van der Waals surface area (Å²) in [6.07, 6.45) is -1.00. The number of imidazole rings is 1.